The fourth-order valence-corrected chi connectivity index (χ4v) is 3.60. The molecule has 7 nitrogen and oxygen atoms in total. The normalized spacial score (nSPS) is 13.3. The van der Waals surface area contributed by atoms with Gasteiger partial charge in [-0.25, -0.2) is 0 Å². The van der Waals surface area contributed by atoms with Crippen LogP contribution in [-0.2, 0) is 11.2 Å². The molecule has 0 unspecified atom stereocenters. The van der Waals surface area contributed by atoms with Crippen LogP contribution in [-0.4, -0.2) is 33.1 Å². The van der Waals surface area contributed by atoms with Crippen molar-refractivity contribution in [2.75, 3.05) is 21.3 Å². The zero-order chi connectivity index (χ0) is 24.2. The number of ether oxygens (including phenoxy) is 5. The Labute approximate surface area is 201 Å². The molecule has 0 aromatic heterocycles. The molecule has 174 valence electrons. The van der Waals surface area contributed by atoms with Crippen molar-refractivity contribution in [3.63, 3.8) is 0 Å². The van der Waals surface area contributed by atoms with E-state index < -0.39 is 5.97 Å². The quantitative estimate of drug-likeness (QED) is 0.263. The van der Waals surface area contributed by atoms with Gasteiger partial charge in [-0.2, -0.15) is 0 Å². The molecule has 1 heterocycles. The van der Waals surface area contributed by atoms with E-state index in [1.807, 2.05) is 0 Å². The van der Waals surface area contributed by atoms with Crippen LogP contribution >= 0.6 is 11.6 Å². The van der Waals surface area contributed by atoms with Gasteiger partial charge in [-0.3, -0.25) is 9.59 Å². The molecule has 34 heavy (non-hydrogen) atoms. The number of ketones is 1. The van der Waals surface area contributed by atoms with Crippen LogP contribution in [0.3, 0.4) is 0 Å². The summed E-state index contributed by atoms with van der Waals surface area (Å²) in [6.45, 7) is 0. The fraction of sp³-hybridized carbons (Fsp3) is 0.154. The molecule has 0 aliphatic carbocycles. The number of halogens is 1. The average molecular weight is 481 g/mol. The maximum atomic E-state index is 12.9. The van der Waals surface area contributed by atoms with Crippen molar-refractivity contribution >= 4 is 29.4 Å². The molecule has 8 heteroatoms. The van der Waals surface area contributed by atoms with Gasteiger partial charge < -0.3 is 23.7 Å². The number of carbonyl (C=O) groups excluding carboxylic acids is 2. The van der Waals surface area contributed by atoms with Gasteiger partial charge in [0, 0.05) is 22.7 Å². The van der Waals surface area contributed by atoms with Crippen molar-refractivity contribution in [1.82, 2.24) is 0 Å². The number of allylic oxidation sites excluding steroid dienone is 1. The molecule has 0 N–H and O–H groups in total. The highest BCUT2D eigenvalue weighted by Crippen LogP contribution is 2.39. The summed E-state index contributed by atoms with van der Waals surface area (Å²) in [6, 6.07) is 14.9. The second-order valence-electron chi connectivity index (χ2n) is 7.32. The SMILES string of the molecule is COc1cc(OC)c(OC)cc1/C=C1\Oc2cc(OC(=O)Cc3ccc(Cl)cc3)ccc2C1=O. The minimum absolute atomic E-state index is 0.0816. The van der Waals surface area contributed by atoms with Gasteiger partial charge in [0.15, 0.2) is 17.3 Å². The van der Waals surface area contributed by atoms with Crippen molar-refractivity contribution in [1.29, 1.82) is 0 Å². The average Bonchev–Trinajstić information content (AvgIpc) is 3.14. The number of methoxy groups -OCH3 is 3. The highest BCUT2D eigenvalue weighted by Gasteiger charge is 2.28. The summed E-state index contributed by atoms with van der Waals surface area (Å²) in [4.78, 5) is 25.2. The van der Waals surface area contributed by atoms with E-state index in [9.17, 15) is 9.59 Å². The topological polar surface area (TPSA) is 80.3 Å². The standard InChI is InChI=1S/C26H21ClO7/c1-30-20-14-23(32-3)22(31-2)11-16(20)12-24-26(29)19-9-8-18(13-21(19)34-24)33-25(28)10-15-4-6-17(27)7-5-15/h4-9,11-14H,10H2,1-3H3/b24-12-. The van der Waals surface area contributed by atoms with Crippen LogP contribution in [0.5, 0.6) is 28.7 Å². The molecule has 0 saturated heterocycles. The van der Waals surface area contributed by atoms with Crippen molar-refractivity contribution < 1.29 is 33.3 Å². The van der Waals surface area contributed by atoms with Crippen LogP contribution in [0.25, 0.3) is 6.08 Å². The van der Waals surface area contributed by atoms with E-state index >= 15 is 0 Å². The first-order chi connectivity index (χ1) is 16.4. The van der Waals surface area contributed by atoms with Gasteiger partial charge >= 0.3 is 5.97 Å². The van der Waals surface area contributed by atoms with E-state index in [0.717, 1.165) is 5.56 Å². The van der Waals surface area contributed by atoms with Crippen molar-refractivity contribution in [2.24, 2.45) is 0 Å². The predicted octanol–water partition coefficient (Wildman–Crippen LogP) is 5.13. The molecule has 0 bridgehead atoms. The Kier molecular flexibility index (Phi) is 6.75. The number of esters is 1. The van der Waals surface area contributed by atoms with Crippen LogP contribution in [0.2, 0.25) is 5.02 Å². The Hall–Kier alpha value is -3.97. The number of carbonyl (C=O) groups is 2. The second-order valence-corrected chi connectivity index (χ2v) is 7.76. The summed E-state index contributed by atoms with van der Waals surface area (Å²) in [5.74, 6) is 1.38. The maximum Gasteiger partial charge on any atom is 0.315 e. The Balaban J connectivity index is 1.54. The minimum atomic E-state index is -0.447. The third-order valence-corrected chi connectivity index (χ3v) is 5.41. The summed E-state index contributed by atoms with van der Waals surface area (Å²) in [6.07, 6.45) is 1.65. The molecule has 0 radical (unpaired) electrons. The van der Waals surface area contributed by atoms with Gasteiger partial charge in [0.2, 0.25) is 5.78 Å². The lowest BCUT2D eigenvalue weighted by Gasteiger charge is -2.12. The van der Waals surface area contributed by atoms with Crippen LogP contribution in [0, 0.1) is 0 Å². The van der Waals surface area contributed by atoms with Crippen LogP contribution in [0.1, 0.15) is 21.5 Å². The molecular formula is C26H21ClO7. The molecular weight excluding hydrogens is 460 g/mol. The molecule has 0 atom stereocenters. The lowest BCUT2D eigenvalue weighted by atomic mass is 10.1. The van der Waals surface area contributed by atoms with Gasteiger partial charge in [0.1, 0.15) is 17.2 Å². The van der Waals surface area contributed by atoms with E-state index in [1.165, 1.54) is 27.4 Å². The number of rotatable bonds is 7. The third kappa shape index (κ3) is 4.84. The molecule has 0 spiro atoms. The smallest absolute Gasteiger partial charge is 0.315 e. The lowest BCUT2D eigenvalue weighted by Crippen LogP contribution is -2.11. The van der Waals surface area contributed by atoms with Crippen molar-refractivity contribution in [3.05, 3.63) is 82.1 Å². The highest BCUT2D eigenvalue weighted by atomic mass is 35.5. The first kappa shape index (κ1) is 23.2. The molecule has 3 aromatic carbocycles. The van der Waals surface area contributed by atoms with E-state index in [2.05, 4.69) is 0 Å². The fourth-order valence-electron chi connectivity index (χ4n) is 3.47. The van der Waals surface area contributed by atoms with Crippen LogP contribution < -0.4 is 23.7 Å². The maximum absolute atomic E-state index is 12.9. The van der Waals surface area contributed by atoms with Gasteiger partial charge in [-0.05, 0) is 42.0 Å². The summed E-state index contributed by atoms with van der Waals surface area (Å²) in [7, 11) is 4.56. The van der Waals surface area contributed by atoms with E-state index in [0.29, 0.717) is 39.1 Å². The molecule has 0 saturated carbocycles. The molecule has 1 aliphatic heterocycles. The third-order valence-electron chi connectivity index (χ3n) is 5.16. The van der Waals surface area contributed by atoms with Gasteiger partial charge in [-0.1, -0.05) is 23.7 Å². The predicted molar refractivity (Wildman–Crippen MR) is 126 cm³/mol. The number of benzene rings is 3. The van der Waals surface area contributed by atoms with Crippen molar-refractivity contribution in [3.8, 4) is 28.7 Å². The van der Waals surface area contributed by atoms with Crippen LogP contribution in [0.15, 0.2) is 60.4 Å². The molecule has 0 fully saturated rings. The van der Waals surface area contributed by atoms with E-state index in [1.54, 1.807) is 54.6 Å². The zero-order valence-corrected chi connectivity index (χ0v) is 19.5. The van der Waals surface area contributed by atoms with Crippen molar-refractivity contribution in [2.45, 2.75) is 6.42 Å². The largest absolute Gasteiger partial charge is 0.496 e. The van der Waals surface area contributed by atoms with Gasteiger partial charge in [0.25, 0.3) is 0 Å². The van der Waals surface area contributed by atoms with Crippen LogP contribution in [0.4, 0.5) is 0 Å². The molecule has 4 rings (SSSR count). The summed E-state index contributed by atoms with van der Waals surface area (Å²) >= 11 is 5.87. The second kappa shape index (κ2) is 9.89. The summed E-state index contributed by atoms with van der Waals surface area (Å²) in [5, 5.41) is 0.590. The Bertz CT molecular complexity index is 1280. The highest BCUT2D eigenvalue weighted by molar-refractivity contribution is 6.30. The Morgan fingerprint density at radius 2 is 1.59 bits per heavy atom. The van der Waals surface area contributed by atoms with E-state index in [-0.39, 0.29) is 23.7 Å². The zero-order valence-electron chi connectivity index (χ0n) is 18.7. The van der Waals surface area contributed by atoms with E-state index in [4.69, 9.17) is 35.3 Å². The number of hydrogen-bond donors (Lipinski definition) is 0. The first-order valence-corrected chi connectivity index (χ1v) is 10.6. The monoisotopic (exact) mass is 480 g/mol. The molecule has 3 aromatic rings. The summed E-state index contributed by atoms with van der Waals surface area (Å²) < 4.78 is 27.3. The molecule has 1 aliphatic rings. The lowest BCUT2D eigenvalue weighted by molar-refractivity contribution is -0.133. The molecule has 0 amide bonds. The number of hydrogen-bond acceptors (Lipinski definition) is 7. The number of Topliss-reactive ketones (excluding diaryl/α,β-unsaturated/α-hetero) is 1. The number of fused-ring (bicyclic) bond motifs is 1. The van der Waals surface area contributed by atoms with Gasteiger partial charge in [0.05, 0.1) is 33.3 Å². The summed E-state index contributed by atoms with van der Waals surface area (Å²) in [5.41, 5.74) is 1.71. The van der Waals surface area contributed by atoms with Gasteiger partial charge in [-0.15, -0.1) is 0 Å². The first-order valence-electron chi connectivity index (χ1n) is 10.2. The minimum Gasteiger partial charge on any atom is -0.496 e. The Morgan fingerprint density at radius 1 is 0.912 bits per heavy atom. The Morgan fingerprint density at radius 3 is 2.26 bits per heavy atom.